The first-order chi connectivity index (χ1) is 10.7. The summed E-state index contributed by atoms with van der Waals surface area (Å²) in [5, 5.41) is 7.50. The number of H-pyrrole nitrogens is 1. The molecule has 3 rings (SSSR count). The number of aromatic amines is 1. The second kappa shape index (κ2) is 6.23. The maximum absolute atomic E-state index is 5.18. The highest BCUT2D eigenvalue weighted by atomic mass is 79.9. The average Bonchev–Trinajstić information content (AvgIpc) is 2.96. The van der Waals surface area contributed by atoms with Crippen molar-refractivity contribution in [3.05, 3.63) is 53.0 Å². The van der Waals surface area contributed by atoms with Gasteiger partial charge in [-0.3, -0.25) is 5.10 Å². The van der Waals surface area contributed by atoms with Gasteiger partial charge < -0.3 is 9.47 Å². The molecular weight excluding hydrogens is 344 g/mol. The van der Waals surface area contributed by atoms with Crippen LogP contribution in [-0.4, -0.2) is 24.4 Å². The molecule has 112 valence electrons. The second-order valence-corrected chi connectivity index (χ2v) is 5.51. The molecule has 1 N–H and O–H groups in total. The van der Waals surface area contributed by atoms with Crippen molar-refractivity contribution in [2.24, 2.45) is 0 Å². The van der Waals surface area contributed by atoms with E-state index in [1.54, 1.807) is 14.2 Å². The fraction of sp³-hybridized carbons (Fsp3) is 0.118. The molecule has 0 aliphatic carbocycles. The fourth-order valence-corrected chi connectivity index (χ4v) is 2.85. The molecule has 5 heteroatoms. The van der Waals surface area contributed by atoms with Gasteiger partial charge in [-0.15, -0.1) is 0 Å². The van der Waals surface area contributed by atoms with E-state index in [-0.39, 0.29) is 0 Å². The first-order valence-corrected chi connectivity index (χ1v) is 7.55. The summed E-state index contributed by atoms with van der Waals surface area (Å²) < 4.78 is 11.3. The van der Waals surface area contributed by atoms with E-state index in [0.29, 0.717) is 0 Å². The lowest BCUT2D eigenvalue weighted by molar-refractivity contribution is 0.415. The normalized spacial score (nSPS) is 10.5. The van der Waals surface area contributed by atoms with Crippen LogP contribution in [0.25, 0.3) is 22.5 Å². The van der Waals surface area contributed by atoms with E-state index in [0.717, 1.165) is 38.5 Å². The SMILES string of the molecule is COc1ccc(-c2n[nH]c(-c3ccc(OC)cc3)c2Br)cc1. The number of benzene rings is 2. The van der Waals surface area contributed by atoms with Crippen LogP contribution >= 0.6 is 15.9 Å². The molecule has 0 aliphatic rings. The Kier molecular flexibility index (Phi) is 4.15. The summed E-state index contributed by atoms with van der Waals surface area (Å²) in [6.07, 6.45) is 0. The van der Waals surface area contributed by atoms with Crippen LogP contribution in [0.1, 0.15) is 0 Å². The first-order valence-electron chi connectivity index (χ1n) is 6.75. The van der Waals surface area contributed by atoms with E-state index in [9.17, 15) is 0 Å². The molecule has 0 aliphatic heterocycles. The Morgan fingerprint density at radius 1 is 0.818 bits per heavy atom. The van der Waals surface area contributed by atoms with Gasteiger partial charge in [0.2, 0.25) is 0 Å². The van der Waals surface area contributed by atoms with Crippen LogP contribution in [0, 0.1) is 0 Å². The van der Waals surface area contributed by atoms with E-state index < -0.39 is 0 Å². The largest absolute Gasteiger partial charge is 0.497 e. The summed E-state index contributed by atoms with van der Waals surface area (Å²) in [5.41, 5.74) is 3.87. The van der Waals surface area contributed by atoms with Gasteiger partial charge in [0.05, 0.1) is 24.4 Å². The standard InChI is InChI=1S/C17H15BrN2O2/c1-21-13-7-3-11(4-8-13)16-15(18)17(20-19-16)12-5-9-14(22-2)10-6-12/h3-10H,1-2H3,(H,19,20). The monoisotopic (exact) mass is 358 g/mol. The molecule has 1 heterocycles. The Morgan fingerprint density at radius 2 is 1.32 bits per heavy atom. The summed E-state index contributed by atoms with van der Waals surface area (Å²) >= 11 is 3.64. The van der Waals surface area contributed by atoms with Crippen LogP contribution in [0.5, 0.6) is 11.5 Å². The third-order valence-corrected chi connectivity index (χ3v) is 4.22. The van der Waals surface area contributed by atoms with Crippen molar-refractivity contribution in [3.63, 3.8) is 0 Å². The molecule has 4 nitrogen and oxygen atoms in total. The Hall–Kier alpha value is -2.27. The lowest BCUT2D eigenvalue weighted by Gasteiger charge is -2.03. The number of aromatic nitrogens is 2. The summed E-state index contributed by atoms with van der Waals surface area (Å²) in [5.74, 6) is 1.65. The Balaban J connectivity index is 1.96. The second-order valence-electron chi connectivity index (χ2n) is 4.72. The highest BCUT2D eigenvalue weighted by Gasteiger charge is 2.14. The van der Waals surface area contributed by atoms with Crippen molar-refractivity contribution in [2.75, 3.05) is 14.2 Å². The van der Waals surface area contributed by atoms with Crippen LogP contribution in [0.3, 0.4) is 0 Å². The number of hydrogen-bond donors (Lipinski definition) is 1. The molecule has 3 aromatic rings. The van der Waals surface area contributed by atoms with Gasteiger partial charge in [0, 0.05) is 11.1 Å². The quantitative estimate of drug-likeness (QED) is 0.745. The predicted octanol–water partition coefficient (Wildman–Crippen LogP) is 4.52. The summed E-state index contributed by atoms with van der Waals surface area (Å²) in [6, 6.07) is 15.7. The van der Waals surface area contributed by atoms with Crippen molar-refractivity contribution < 1.29 is 9.47 Å². The lowest BCUT2D eigenvalue weighted by atomic mass is 10.1. The minimum Gasteiger partial charge on any atom is -0.497 e. The van der Waals surface area contributed by atoms with Crippen LogP contribution in [0.2, 0.25) is 0 Å². The van der Waals surface area contributed by atoms with Crippen molar-refractivity contribution in [2.45, 2.75) is 0 Å². The zero-order chi connectivity index (χ0) is 15.5. The van der Waals surface area contributed by atoms with Crippen molar-refractivity contribution >= 4 is 15.9 Å². The smallest absolute Gasteiger partial charge is 0.118 e. The molecule has 2 aromatic carbocycles. The number of nitrogens with one attached hydrogen (secondary N) is 1. The van der Waals surface area contributed by atoms with Crippen molar-refractivity contribution in [1.82, 2.24) is 10.2 Å². The summed E-state index contributed by atoms with van der Waals surface area (Å²) in [4.78, 5) is 0. The molecule has 0 amide bonds. The molecule has 0 saturated carbocycles. The summed E-state index contributed by atoms with van der Waals surface area (Å²) in [6.45, 7) is 0. The van der Waals surface area contributed by atoms with E-state index in [4.69, 9.17) is 9.47 Å². The molecule has 0 spiro atoms. The van der Waals surface area contributed by atoms with Gasteiger partial charge in [-0.25, -0.2) is 0 Å². The number of methoxy groups -OCH3 is 2. The summed E-state index contributed by atoms with van der Waals surface area (Å²) in [7, 11) is 3.31. The third-order valence-electron chi connectivity index (χ3n) is 3.45. The van der Waals surface area contributed by atoms with E-state index in [1.165, 1.54) is 0 Å². The number of nitrogens with zero attached hydrogens (tertiary/aromatic N) is 1. The van der Waals surface area contributed by atoms with Gasteiger partial charge in [0.15, 0.2) is 0 Å². The molecule has 0 radical (unpaired) electrons. The highest BCUT2D eigenvalue weighted by molar-refractivity contribution is 9.10. The van der Waals surface area contributed by atoms with Crippen LogP contribution in [0.4, 0.5) is 0 Å². The van der Waals surface area contributed by atoms with E-state index in [2.05, 4.69) is 26.1 Å². The van der Waals surface area contributed by atoms with E-state index in [1.807, 2.05) is 48.5 Å². The van der Waals surface area contributed by atoms with Crippen LogP contribution in [0.15, 0.2) is 53.0 Å². The zero-order valence-corrected chi connectivity index (χ0v) is 13.8. The molecule has 0 fully saturated rings. The fourth-order valence-electron chi connectivity index (χ4n) is 2.22. The number of ether oxygens (including phenoxy) is 2. The highest BCUT2D eigenvalue weighted by Crippen LogP contribution is 2.35. The Labute approximate surface area is 137 Å². The Bertz CT molecular complexity index is 699. The van der Waals surface area contributed by atoms with Crippen molar-refractivity contribution in [1.29, 1.82) is 0 Å². The molecule has 0 bridgehead atoms. The van der Waals surface area contributed by atoms with Crippen LogP contribution < -0.4 is 9.47 Å². The number of rotatable bonds is 4. The maximum Gasteiger partial charge on any atom is 0.118 e. The van der Waals surface area contributed by atoms with Crippen LogP contribution in [-0.2, 0) is 0 Å². The number of halogens is 1. The van der Waals surface area contributed by atoms with Crippen molar-refractivity contribution in [3.8, 4) is 34.0 Å². The van der Waals surface area contributed by atoms with Gasteiger partial charge in [0.25, 0.3) is 0 Å². The van der Waals surface area contributed by atoms with Gasteiger partial charge in [-0.2, -0.15) is 5.10 Å². The Morgan fingerprint density at radius 3 is 1.82 bits per heavy atom. The zero-order valence-electron chi connectivity index (χ0n) is 12.3. The first kappa shape index (κ1) is 14.7. The molecule has 1 aromatic heterocycles. The molecule has 0 unspecified atom stereocenters. The van der Waals surface area contributed by atoms with E-state index >= 15 is 0 Å². The lowest BCUT2D eigenvalue weighted by Crippen LogP contribution is -1.84. The molecule has 0 saturated heterocycles. The third kappa shape index (κ3) is 2.72. The molecule has 0 atom stereocenters. The van der Waals surface area contributed by atoms with Gasteiger partial charge in [0.1, 0.15) is 17.2 Å². The maximum atomic E-state index is 5.18. The number of hydrogen-bond acceptors (Lipinski definition) is 3. The van der Waals surface area contributed by atoms with Gasteiger partial charge in [-0.1, -0.05) is 0 Å². The minimum atomic E-state index is 0.825. The van der Waals surface area contributed by atoms with Gasteiger partial charge >= 0.3 is 0 Å². The minimum absolute atomic E-state index is 0.825. The average molecular weight is 359 g/mol. The van der Waals surface area contributed by atoms with Gasteiger partial charge in [-0.05, 0) is 64.5 Å². The predicted molar refractivity (Wildman–Crippen MR) is 90.3 cm³/mol. The molecule has 22 heavy (non-hydrogen) atoms. The molecular formula is C17H15BrN2O2. The topological polar surface area (TPSA) is 47.1 Å².